The number of hydrogen-bond donors (Lipinski definition) is 0. The zero-order chi connectivity index (χ0) is 31.7. The first-order valence-electron chi connectivity index (χ1n) is 16.8. The van der Waals surface area contributed by atoms with Gasteiger partial charge in [-0.2, -0.15) is 5.26 Å². The van der Waals surface area contributed by atoms with Gasteiger partial charge in [-0.05, 0) is 106 Å². The summed E-state index contributed by atoms with van der Waals surface area (Å²) in [6.07, 6.45) is 9.32. The normalized spacial score (nSPS) is 24.1. The van der Waals surface area contributed by atoms with Crippen molar-refractivity contribution in [2.45, 2.75) is 66.3 Å². The fourth-order valence-electron chi connectivity index (χ4n) is 8.18. The molecule has 2 aliphatic heterocycles. The van der Waals surface area contributed by atoms with Gasteiger partial charge >= 0.3 is 5.97 Å². The highest BCUT2D eigenvalue weighted by molar-refractivity contribution is 7.91. The Bertz CT molecular complexity index is 1660. The Morgan fingerprint density at radius 3 is 2.22 bits per heavy atom. The topological polar surface area (TPSA) is 104 Å². The summed E-state index contributed by atoms with van der Waals surface area (Å²) < 4.78 is 32.0. The second-order valence-electron chi connectivity index (χ2n) is 13.7. The number of carbonyl (C=O) groups excluding carboxylic acids is 1. The molecule has 0 radical (unpaired) electrons. The van der Waals surface area contributed by atoms with E-state index in [1.165, 1.54) is 24.5 Å². The lowest BCUT2D eigenvalue weighted by Gasteiger charge is -2.48. The number of esters is 1. The fourth-order valence-corrected chi connectivity index (χ4v) is 9.43. The van der Waals surface area contributed by atoms with Crippen LogP contribution in [0.2, 0.25) is 0 Å². The lowest BCUT2D eigenvalue weighted by Crippen LogP contribution is -2.54. The number of pyridine rings is 1. The first-order chi connectivity index (χ1) is 22.4. The number of benzene rings is 2. The molecule has 0 N–H and O–H groups in total. The van der Waals surface area contributed by atoms with Crippen LogP contribution in [0.4, 0.5) is 5.69 Å². The van der Waals surface area contributed by atoms with Crippen molar-refractivity contribution in [3.8, 4) is 6.07 Å². The predicted octanol–water partition coefficient (Wildman–Crippen LogP) is 5.65. The van der Waals surface area contributed by atoms with Crippen LogP contribution in [0, 0.1) is 35.0 Å². The van der Waals surface area contributed by atoms with Gasteiger partial charge in [-0.1, -0.05) is 30.3 Å². The van der Waals surface area contributed by atoms with E-state index < -0.39 is 15.3 Å². The van der Waals surface area contributed by atoms with E-state index in [1.807, 2.05) is 30.3 Å². The molecule has 9 heteroatoms. The quantitative estimate of drug-likeness (QED) is 0.263. The minimum Gasteiger partial charge on any atom is -0.462 e. The van der Waals surface area contributed by atoms with Crippen molar-refractivity contribution in [2.75, 3.05) is 37.6 Å². The Hall–Kier alpha value is -3.74. The first-order valence-corrected chi connectivity index (χ1v) is 18.3. The van der Waals surface area contributed by atoms with E-state index in [-0.39, 0.29) is 39.6 Å². The number of anilines is 1. The van der Waals surface area contributed by atoms with Crippen molar-refractivity contribution in [1.82, 2.24) is 9.88 Å². The number of aromatic nitrogens is 1. The molecule has 2 aromatic carbocycles. The van der Waals surface area contributed by atoms with Crippen LogP contribution in [-0.2, 0) is 24.8 Å². The maximum atomic E-state index is 12.9. The Morgan fingerprint density at radius 2 is 1.57 bits per heavy atom. The van der Waals surface area contributed by atoms with E-state index >= 15 is 0 Å². The van der Waals surface area contributed by atoms with Gasteiger partial charge in [0.05, 0.1) is 27.2 Å². The molecular formula is C37H42N4O4S. The Morgan fingerprint density at radius 1 is 0.891 bits per heavy atom. The predicted molar refractivity (Wildman–Crippen MR) is 175 cm³/mol. The number of likely N-dealkylation sites (tertiary alicyclic amines) is 1. The summed E-state index contributed by atoms with van der Waals surface area (Å²) in [4.78, 5) is 22.0. The van der Waals surface area contributed by atoms with Gasteiger partial charge < -0.3 is 14.5 Å². The number of carbonyl (C=O) groups is 1. The third kappa shape index (κ3) is 5.93. The number of nitriles is 1. The summed E-state index contributed by atoms with van der Waals surface area (Å²) in [7, 11) is -3.56. The molecule has 4 fully saturated rings. The Balaban J connectivity index is 0.968. The van der Waals surface area contributed by atoms with E-state index in [0.717, 1.165) is 88.9 Å². The van der Waals surface area contributed by atoms with E-state index in [0.29, 0.717) is 5.92 Å². The molecule has 0 bridgehead atoms. The third-order valence-corrected chi connectivity index (χ3v) is 12.6. The summed E-state index contributed by atoms with van der Waals surface area (Å²) in [5, 5.41) is 11.0. The van der Waals surface area contributed by atoms with Crippen molar-refractivity contribution in [3.05, 3.63) is 84.7 Å². The minimum atomic E-state index is -3.56. The van der Waals surface area contributed by atoms with E-state index in [4.69, 9.17) is 4.74 Å². The number of sulfone groups is 1. The molecule has 8 nitrogen and oxygen atoms in total. The summed E-state index contributed by atoms with van der Waals surface area (Å²) in [5.41, 5.74) is 1.45. The molecule has 7 rings (SSSR count). The second kappa shape index (κ2) is 12.8. The van der Waals surface area contributed by atoms with Crippen molar-refractivity contribution in [3.63, 3.8) is 0 Å². The number of hydrogen-bond acceptors (Lipinski definition) is 8. The van der Waals surface area contributed by atoms with Gasteiger partial charge in [0.25, 0.3) is 0 Å². The monoisotopic (exact) mass is 638 g/mol. The van der Waals surface area contributed by atoms with Crippen LogP contribution in [0.1, 0.15) is 50.5 Å². The number of piperidine rings is 1. The number of nitrogens with zero attached hydrogens (tertiary/aromatic N) is 4. The van der Waals surface area contributed by atoms with Gasteiger partial charge in [0.1, 0.15) is 6.10 Å². The SMILES string of the molecule is N#CC(c1ccccc1)(C1CCN(CC2CN(c3ccc(S(=O)(=O)c4ccncc4)cc3)C2)CC1)C1CCCC1OC(=O)C1CC1. The average molecular weight is 639 g/mol. The van der Waals surface area contributed by atoms with Crippen molar-refractivity contribution >= 4 is 21.5 Å². The Labute approximate surface area is 272 Å². The van der Waals surface area contributed by atoms with Gasteiger partial charge in [0.2, 0.25) is 9.84 Å². The van der Waals surface area contributed by atoms with Gasteiger partial charge in [0, 0.05) is 49.6 Å². The molecule has 1 aromatic heterocycles. The van der Waals surface area contributed by atoms with Crippen LogP contribution in [0.15, 0.2) is 88.9 Å². The minimum absolute atomic E-state index is 0.0189. The first kappa shape index (κ1) is 30.9. The zero-order valence-corrected chi connectivity index (χ0v) is 27.0. The standard InChI is InChI=1S/C37H42N4O4S/c38-26-37(29-5-2-1-3-6-29,34-7-4-8-35(34)45-36(42)28-9-10-28)30-17-21-40(22-18-30)23-27-24-41(25-27)31-11-13-32(14-12-31)46(43,44)33-15-19-39-20-16-33/h1-3,5-6,11-16,19-20,27-28,30,34-35H,4,7-10,17-18,21-25H2. The van der Waals surface area contributed by atoms with Crippen LogP contribution in [0.5, 0.6) is 0 Å². The lowest BCUT2D eigenvalue weighted by molar-refractivity contribution is -0.153. The maximum absolute atomic E-state index is 12.9. The summed E-state index contributed by atoms with van der Waals surface area (Å²) in [5.74, 6) is 0.777. The second-order valence-corrected chi connectivity index (χ2v) is 15.6. The van der Waals surface area contributed by atoms with Gasteiger partial charge in [-0.3, -0.25) is 9.78 Å². The average Bonchev–Trinajstić information content (AvgIpc) is 3.84. The molecule has 2 aliphatic carbocycles. The van der Waals surface area contributed by atoms with Crippen LogP contribution < -0.4 is 4.90 Å². The highest BCUT2D eigenvalue weighted by Crippen LogP contribution is 2.51. The molecule has 3 atom stereocenters. The number of rotatable bonds is 10. The molecule has 3 unspecified atom stereocenters. The fraction of sp³-hybridized carbons (Fsp3) is 0.486. The molecule has 0 amide bonds. The molecule has 240 valence electrons. The molecule has 4 aliphatic rings. The summed E-state index contributed by atoms with van der Waals surface area (Å²) in [6.45, 7) is 4.82. The lowest BCUT2D eigenvalue weighted by atomic mass is 9.59. The van der Waals surface area contributed by atoms with E-state index in [9.17, 15) is 18.5 Å². The van der Waals surface area contributed by atoms with Crippen molar-refractivity contribution < 1.29 is 17.9 Å². The van der Waals surface area contributed by atoms with Crippen LogP contribution >= 0.6 is 0 Å². The van der Waals surface area contributed by atoms with Gasteiger partial charge in [-0.15, -0.1) is 0 Å². The van der Waals surface area contributed by atoms with E-state index in [2.05, 4.69) is 33.0 Å². The molecule has 46 heavy (non-hydrogen) atoms. The smallest absolute Gasteiger partial charge is 0.309 e. The van der Waals surface area contributed by atoms with Crippen LogP contribution in [-0.4, -0.2) is 63.1 Å². The molecular weight excluding hydrogens is 596 g/mol. The van der Waals surface area contributed by atoms with Gasteiger partial charge in [0.15, 0.2) is 0 Å². The highest BCUT2D eigenvalue weighted by Gasteiger charge is 2.53. The maximum Gasteiger partial charge on any atom is 0.309 e. The highest BCUT2D eigenvalue weighted by atomic mass is 32.2. The summed E-state index contributed by atoms with van der Waals surface area (Å²) in [6, 6.07) is 23.4. The van der Waals surface area contributed by atoms with Crippen LogP contribution in [0.25, 0.3) is 0 Å². The molecule has 0 spiro atoms. The largest absolute Gasteiger partial charge is 0.462 e. The zero-order valence-electron chi connectivity index (χ0n) is 26.2. The third-order valence-electron chi connectivity index (χ3n) is 10.8. The van der Waals surface area contributed by atoms with Crippen molar-refractivity contribution in [1.29, 1.82) is 5.26 Å². The molecule has 2 saturated carbocycles. The summed E-state index contributed by atoms with van der Waals surface area (Å²) >= 11 is 0. The molecule has 2 saturated heterocycles. The van der Waals surface area contributed by atoms with Crippen molar-refractivity contribution in [2.24, 2.45) is 23.7 Å². The van der Waals surface area contributed by atoms with Crippen LogP contribution in [0.3, 0.4) is 0 Å². The van der Waals surface area contributed by atoms with Gasteiger partial charge in [-0.25, -0.2) is 8.42 Å². The number of ether oxygens (including phenoxy) is 1. The Kier molecular flexibility index (Phi) is 8.60. The molecule has 3 heterocycles. The van der Waals surface area contributed by atoms with E-state index in [1.54, 1.807) is 12.1 Å². The molecule has 3 aromatic rings.